The maximum absolute atomic E-state index is 13.2. The highest BCUT2D eigenvalue weighted by atomic mass is 35.5. The summed E-state index contributed by atoms with van der Waals surface area (Å²) in [6, 6.07) is 15.8. The molecule has 5 atom stereocenters. The molecule has 0 saturated heterocycles. The second kappa shape index (κ2) is 18.0. The van der Waals surface area contributed by atoms with E-state index in [1.54, 1.807) is 6.20 Å². The van der Waals surface area contributed by atoms with Gasteiger partial charge >= 0.3 is 0 Å². The van der Waals surface area contributed by atoms with Gasteiger partial charge in [0.2, 0.25) is 0 Å². The van der Waals surface area contributed by atoms with E-state index in [0.29, 0.717) is 17.9 Å². The van der Waals surface area contributed by atoms with Gasteiger partial charge in [0.05, 0.1) is 30.7 Å². The van der Waals surface area contributed by atoms with Gasteiger partial charge in [-0.05, 0) is 79.3 Å². The summed E-state index contributed by atoms with van der Waals surface area (Å²) in [4.78, 5) is 18.8. The molecular formula is C39H51ClN2O10S. The number of para-hydroxylation sites is 1. The number of aromatic nitrogens is 1. The Balaban J connectivity index is 1.24. The first kappa shape index (κ1) is 41.0. The summed E-state index contributed by atoms with van der Waals surface area (Å²) in [5, 5.41) is 50.2. The number of halogens is 1. The molecule has 2 fully saturated rings. The predicted molar refractivity (Wildman–Crippen MR) is 200 cm³/mol. The van der Waals surface area contributed by atoms with Gasteiger partial charge in [-0.1, -0.05) is 55.8 Å². The van der Waals surface area contributed by atoms with E-state index in [9.17, 15) is 33.6 Å². The Morgan fingerprint density at radius 1 is 1.04 bits per heavy atom. The summed E-state index contributed by atoms with van der Waals surface area (Å²) in [5.74, 6) is -0.612. The highest BCUT2D eigenvalue weighted by Gasteiger charge is 2.48. The van der Waals surface area contributed by atoms with Gasteiger partial charge in [-0.25, -0.2) is 8.42 Å². The summed E-state index contributed by atoms with van der Waals surface area (Å²) in [7, 11) is -3.47. The number of sulfone groups is 1. The summed E-state index contributed by atoms with van der Waals surface area (Å²) in [6.07, 6.45) is 0.723. The van der Waals surface area contributed by atoms with Gasteiger partial charge in [0.15, 0.2) is 15.9 Å². The maximum atomic E-state index is 13.2. The van der Waals surface area contributed by atoms with E-state index < -0.39 is 52.4 Å². The van der Waals surface area contributed by atoms with Crippen molar-refractivity contribution in [2.75, 3.05) is 31.2 Å². The third-order valence-corrected chi connectivity index (χ3v) is 12.2. The van der Waals surface area contributed by atoms with Crippen LogP contribution in [0.2, 0.25) is 5.02 Å². The smallest absolute Gasteiger partial charge is 0.254 e. The van der Waals surface area contributed by atoms with Crippen LogP contribution in [0.4, 0.5) is 0 Å². The SMILES string of the molecule is CCS(=O)(=O)CCN(CCCC(C)c1ccc(Cl)c(COC2(c3cnccc3-c3ccccc3OC3CC3)CC2)c1)C(=O)C(O)C(O)C(O)C(O)CO. The zero-order valence-corrected chi connectivity index (χ0v) is 31.8. The monoisotopic (exact) mass is 774 g/mol. The number of nitrogens with zero attached hydrogens (tertiary/aromatic N) is 2. The van der Waals surface area contributed by atoms with E-state index in [2.05, 4.69) is 11.1 Å². The molecule has 5 N–H and O–H groups in total. The van der Waals surface area contributed by atoms with Crippen molar-refractivity contribution in [2.45, 2.75) is 101 Å². The number of benzene rings is 2. The molecule has 2 aliphatic carbocycles. The lowest BCUT2D eigenvalue weighted by Crippen LogP contribution is -2.53. The number of ether oxygens (including phenoxy) is 2. The molecule has 3 aromatic rings. The molecule has 12 nitrogen and oxygen atoms in total. The number of hydrogen-bond acceptors (Lipinski definition) is 11. The van der Waals surface area contributed by atoms with Crippen molar-refractivity contribution in [2.24, 2.45) is 0 Å². The zero-order valence-electron chi connectivity index (χ0n) is 30.2. The first-order valence-corrected chi connectivity index (χ1v) is 20.4. The van der Waals surface area contributed by atoms with Crippen LogP contribution in [-0.2, 0) is 31.6 Å². The lowest BCUT2D eigenvalue weighted by Gasteiger charge is -2.30. The van der Waals surface area contributed by atoms with Crippen LogP contribution in [0.5, 0.6) is 5.75 Å². The molecule has 1 aromatic heterocycles. The first-order chi connectivity index (χ1) is 25.3. The third kappa shape index (κ3) is 10.5. The number of rotatable bonds is 21. The van der Waals surface area contributed by atoms with Crippen molar-refractivity contribution < 1.29 is 48.2 Å². The largest absolute Gasteiger partial charge is 0.490 e. The Bertz CT molecular complexity index is 1800. The van der Waals surface area contributed by atoms with Crippen molar-refractivity contribution >= 4 is 27.3 Å². The van der Waals surface area contributed by atoms with E-state index in [-0.39, 0.29) is 43.2 Å². The summed E-state index contributed by atoms with van der Waals surface area (Å²) < 4.78 is 37.4. The molecule has 2 saturated carbocycles. The molecular weight excluding hydrogens is 724 g/mol. The molecule has 2 aliphatic rings. The van der Waals surface area contributed by atoms with Crippen molar-refractivity contribution in [3.63, 3.8) is 0 Å². The molecule has 0 aliphatic heterocycles. The minimum atomic E-state index is -3.47. The maximum Gasteiger partial charge on any atom is 0.254 e. The van der Waals surface area contributed by atoms with Crippen LogP contribution in [0.3, 0.4) is 0 Å². The Labute approximate surface area is 316 Å². The van der Waals surface area contributed by atoms with E-state index >= 15 is 0 Å². The molecule has 290 valence electrons. The molecule has 1 amide bonds. The van der Waals surface area contributed by atoms with Crippen LogP contribution >= 0.6 is 11.6 Å². The molecule has 0 spiro atoms. The topological polar surface area (TPSA) is 187 Å². The quantitative estimate of drug-likeness (QED) is 0.106. The van der Waals surface area contributed by atoms with E-state index in [1.165, 1.54) is 6.92 Å². The molecule has 53 heavy (non-hydrogen) atoms. The Morgan fingerprint density at radius 3 is 2.45 bits per heavy atom. The van der Waals surface area contributed by atoms with Crippen LogP contribution in [0.15, 0.2) is 60.9 Å². The van der Waals surface area contributed by atoms with Crippen molar-refractivity contribution in [1.82, 2.24) is 9.88 Å². The highest BCUT2D eigenvalue weighted by molar-refractivity contribution is 7.91. The molecule has 1 heterocycles. The van der Waals surface area contributed by atoms with Gasteiger partial charge in [-0.2, -0.15) is 0 Å². The van der Waals surface area contributed by atoms with Crippen LogP contribution < -0.4 is 4.74 Å². The number of carbonyl (C=O) groups is 1. The second-order valence-corrected chi connectivity index (χ2v) is 17.0. The number of aliphatic hydroxyl groups is 5. The average Bonchev–Trinajstić information content (AvgIpc) is 4.12. The normalized spacial score (nSPS) is 18.1. The van der Waals surface area contributed by atoms with Crippen molar-refractivity contribution in [3.8, 4) is 16.9 Å². The number of carbonyl (C=O) groups excluding carboxylic acids is 1. The van der Waals surface area contributed by atoms with Gasteiger partial charge in [-0.3, -0.25) is 9.78 Å². The second-order valence-electron chi connectivity index (χ2n) is 14.1. The Morgan fingerprint density at radius 2 is 1.77 bits per heavy atom. The van der Waals surface area contributed by atoms with Gasteiger partial charge < -0.3 is 39.9 Å². The number of amides is 1. The van der Waals surface area contributed by atoms with Crippen LogP contribution in [0.25, 0.3) is 11.1 Å². The van der Waals surface area contributed by atoms with E-state index in [0.717, 1.165) is 64.1 Å². The third-order valence-electron chi connectivity index (χ3n) is 10.2. The number of pyridine rings is 1. The van der Waals surface area contributed by atoms with Gasteiger partial charge in [-0.15, -0.1) is 0 Å². The van der Waals surface area contributed by atoms with Crippen LogP contribution in [0, 0.1) is 0 Å². The van der Waals surface area contributed by atoms with Gasteiger partial charge in [0, 0.05) is 47.4 Å². The average molecular weight is 775 g/mol. The van der Waals surface area contributed by atoms with Crippen LogP contribution in [-0.4, -0.2) is 111 Å². The predicted octanol–water partition coefficient (Wildman–Crippen LogP) is 3.73. The molecule has 5 unspecified atom stereocenters. The Hall–Kier alpha value is -3.14. The molecule has 2 aromatic carbocycles. The minimum Gasteiger partial charge on any atom is -0.490 e. The fourth-order valence-corrected chi connectivity index (χ4v) is 7.28. The van der Waals surface area contributed by atoms with Gasteiger partial charge in [0.25, 0.3) is 5.91 Å². The fourth-order valence-electron chi connectivity index (χ4n) is 6.32. The van der Waals surface area contributed by atoms with Crippen molar-refractivity contribution in [3.05, 3.63) is 82.6 Å². The molecule has 14 heteroatoms. The van der Waals surface area contributed by atoms with Gasteiger partial charge in [0.1, 0.15) is 24.1 Å². The Kier molecular flexibility index (Phi) is 13.9. The zero-order chi connectivity index (χ0) is 38.3. The van der Waals surface area contributed by atoms with Crippen LogP contribution in [0.1, 0.15) is 75.0 Å². The molecule has 5 rings (SSSR count). The van der Waals surface area contributed by atoms with E-state index in [4.69, 9.17) is 26.2 Å². The molecule has 0 radical (unpaired) electrons. The fraction of sp³-hybridized carbons (Fsp3) is 0.538. The number of aliphatic hydroxyl groups excluding tert-OH is 5. The highest BCUT2D eigenvalue weighted by Crippen LogP contribution is 2.53. The standard InChI is InChI=1S/C39H51ClN2O10S/c1-3-53(49,50)20-19-42(38(48)37(47)36(46)35(45)33(44)23-43)18-6-7-25(2)26-10-13-32(40)27(21-26)24-51-39(15-16-39)31-22-41-17-14-29(31)30-8-4-5-9-34(30)52-28-11-12-28/h4-5,8-10,13-14,17,21-22,25,28,33,35-37,43-47H,3,6-7,11-12,15-16,18-20,23-24H2,1-2H3. The first-order valence-electron chi connectivity index (χ1n) is 18.2. The molecule has 0 bridgehead atoms. The summed E-state index contributed by atoms with van der Waals surface area (Å²) in [5.41, 5.74) is 4.36. The van der Waals surface area contributed by atoms with Crippen molar-refractivity contribution in [1.29, 1.82) is 0 Å². The minimum absolute atomic E-state index is 0.00200. The lowest BCUT2D eigenvalue weighted by molar-refractivity contribution is -0.158. The number of hydrogen-bond donors (Lipinski definition) is 5. The van der Waals surface area contributed by atoms with E-state index in [1.807, 2.05) is 55.6 Å². The summed E-state index contributed by atoms with van der Waals surface area (Å²) >= 11 is 6.68. The summed E-state index contributed by atoms with van der Waals surface area (Å²) in [6.45, 7) is 2.74. The lowest BCUT2D eigenvalue weighted by atomic mass is 9.94.